The van der Waals surface area contributed by atoms with Crippen LogP contribution in [0.5, 0.6) is 11.5 Å². The van der Waals surface area contributed by atoms with Crippen molar-refractivity contribution in [3.63, 3.8) is 0 Å². The van der Waals surface area contributed by atoms with Crippen LogP contribution in [0.2, 0.25) is 0 Å². The summed E-state index contributed by atoms with van der Waals surface area (Å²) in [6.07, 6.45) is 0. The molecule has 1 amide bonds. The number of rotatable bonds is 8. The molecule has 222 valence electrons. The molecule has 1 atom stereocenters. The number of nitrogens with zero attached hydrogens (tertiary/aromatic N) is 1. The third-order valence-electron chi connectivity index (χ3n) is 7.58. The number of Topliss-reactive ketones (excluding diaryl/α,β-unsaturated/α-hetero) is 1. The average molecular weight is 570 g/mol. The Kier molecular flexibility index (Phi) is 8.86. The second kappa shape index (κ2) is 12.0. The van der Waals surface area contributed by atoms with E-state index < -0.39 is 17.7 Å². The molecule has 0 bridgehead atoms. The molecular formula is C36H43NO5. The molecular weight excluding hydrogens is 526 g/mol. The Labute approximate surface area is 250 Å². The minimum atomic E-state index is -0.754. The van der Waals surface area contributed by atoms with Gasteiger partial charge in [-0.05, 0) is 71.7 Å². The zero-order chi connectivity index (χ0) is 30.8. The van der Waals surface area contributed by atoms with Crippen molar-refractivity contribution < 1.29 is 24.2 Å². The van der Waals surface area contributed by atoms with Crippen LogP contribution in [0.25, 0.3) is 5.76 Å². The maximum absolute atomic E-state index is 13.7. The monoisotopic (exact) mass is 569 g/mol. The van der Waals surface area contributed by atoms with Crippen LogP contribution in [-0.4, -0.2) is 34.9 Å². The van der Waals surface area contributed by atoms with E-state index in [1.165, 1.54) is 0 Å². The zero-order valence-corrected chi connectivity index (χ0v) is 26.1. The minimum absolute atomic E-state index is 0.0612. The fourth-order valence-electron chi connectivity index (χ4n) is 5.31. The van der Waals surface area contributed by atoms with Gasteiger partial charge in [-0.1, -0.05) is 77.9 Å². The van der Waals surface area contributed by atoms with Crippen LogP contribution in [0.3, 0.4) is 0 Å². The number of hydrogen-bond donors (Lipinski definition) is 1. The van der Waals surface area contributed by atoms with Gasteiger partial charge in [0, 0.05) is 17.7 Å². The molecule has 6 nitrogen and oxygen atoms in total. The molecule has 0 saturated carbocycles. The van der Waals surface area contributed by atoms with Crippen molar-refractivity contribution in [2.24, 2.45) is 0 Å². The minimum Gasteiger partial charge on any atom is -0.507 e. The lowest BCUT2D eigenvalue weighted by molar-refractivity contribution is -0.140. The summed E-state index contributed by atoms with van der Waals surface area (Å²) in [6.45, 7) is 17.7. The van der Waals surface area contributed by atoms with Gasteiger partial charge in [0.05, 0.1) is 24.8 Å². The van der Waals surface area contributed by atoms with Gasteiger partial charge in [-0.15, -0.1) is 0 Å². The van der Waals surface area contributed by atoms with E-state index in [1.54, 1.807) is 11.0 Å². The highest BCUT2D eigenvalue weighted by atomic mass is 16.5. The molecule has 1 fully saturated rings. The van der Waals surface area contributed by atoms with Gasteiger partial charge in [0.1, 0.15) is 17.3 Å². The van der Waals surface area contributed by atoms with Gasteiger partial charge < -0.3 is 19.5 Å². The third kappa shape index (κ3) is 6.38. The summed E-state index contributed by atoms with van der Waals surface area (Å²) in [5.41, 5.74) is 3.87. The third-order valence-corrected chi connectivity index (χ3v) is 7.58. The Morgan fingerprint density at radius 1 is 0.810 bits per heavy atom. The Morgan fingerprint density at radius 3 is 1.98 bits per heavy atom. The van der Waals surface area contributed by atoms with E-state index in [0.717, 1.165) is 33.8 Å². The fourth-order valence-corrected chi connectivity index (χ4v) is 5.31. The maximum Gasteiger partial charge on any atom is 0.295 e. The van der Waals surface area contributed by atoms with E-state index in [4.69, 9.17) is 9.47 Å². The van der Waals surface area contributed by atoms with Crippen LogP contribution in [0.4, 0.5) is 0 Å². The van der Waals surface area contributed by atoms with E-state index in [1.807, 2.05) is 74.5 Å². The summed E-state index contributed by atoms with van der Waals surface area (Å²) in [5.74, 6) is -0.0672. The smallest absolute Gasteiger partial charge is 0.295 e. The number of likely N-dealkylation sites (tertiary alicyclic amines) is 1. The number of carbonyl (C=O) groups is 2. The van der Waals surface area contributed by atoms with Crippen LogP contribution in [0.15, 0.2) is 72.3 Å². The number of aliphatic hydroxyl groups is 1. The number of ether oxygens (including phenoxy) is 2. The van der Waals surface area contributed by atoms with Crippen LogP contribution < -0.4 is 9.47 Å². The first-order chi connectivity index (χ1) is 19.8. The van der Waals surface area contributed by atoms with Crippen molar-refractivity contribution in [3.05, 3.63) is 100 Å². The molecule has 3 aromatic rings. The molecule has 0 spiro atoms. The highest BCUT2D eigenvalue weighted by Gasteiger charge is 2.46. The molecule has 0 aliphatic carbocycles. The summed E-state index contributed by atoms with van der Waals surface area (Å²) in [6, 6.07) is 20.1. The van der Waals surface area contributed by atoms with Crippen LogP contribution in [0, 0.1) is 0 Å². The molecule has 1 N–H and O–H groups in total. The van der Waals surface area contributed by atoms with Gasteiger partial charge in [-0.2, -0.15) is 0 Å². The van der Waals surface area contributed by atoms with Crippen molar-refractivity contribution >= 4 is 17.4 Å². The SMILES string of the molecule is CCOc1ccc(CN2C(=O)C(=O)/C(=C(\O)c3ccc(OCC)c(C(C)(C)C)c3)C2c2ccc(C(C)(C)C)cc2)cc1. The highest BCUT2D eigenvalue weighted by molar-refractivity contribution is 6.46. The van der Waals surface area contributed by atoms with E-state index in [-0.39, 0.29) is 28.7 Å². The topological polar surface area (TPSA) is 76.1 Å². The van der Waals surface area contributed by atoms with Crippen molar-refractivity contribution in [1.82, 2.24) is 4.90 Å². The summed E-state index contributed by atoms with van der Waals surface area (Å²) in [4.78, 5) is 28.8. The summed E-state index contributed by atoms with van der Waals surface area (Å²) in [7, 11) is 0. The van der Waals surface area contributed by atoms with Gasteiger partial charge in [-0.25, -0.2) is 0 Å². The first kappa shape index (κ1) is 30.9. The van der Waals surface area contributed by atoms with Crippen molar-refractivity contribution in [3.8, 4) is 11.5 Å². The molecule has 1 aliphatic heterocycles. The molecule has 0 radical (unpaired) electrons. The molecule has 1 heterocycles. The van der Waals surface area contributed by atoms with Gasteiger partial charge >= 0.3 is 0 Å². The Balaban J connectivity index is 1.86. The lowest BCUT2D eigenvalue weighted by Crippen LogP contribution is -2.29. The molecule has 4 rings (SSSR count). The van der Waals surface area contributed by atoms with Crippen molar-refractivity contribution in [2.75, 3.05) is 13.2 Å². The molecule has 42 heavy (non-hydrogen) atoms. The second-order valence-electron chi connectivity index (χ2n) is 12.8. The van der Waals surface area contributed by atoms with Gasteiger partial charge in [0.2, 0.25) is 0 Å². The Morgan fingerprint density at radius 2 is 1.43 bits per heavy atom. The summed E-state index contributed by atoms with van der Waals surface area (Å²) in [5, 5.41) is 11.7. The van der Waals surface area contributed by atoms with Gasteiger partial charge in [0.15, 0.2) is 0 Å². The number of hydrogen-bond acceptors (Lipinski definition) is 5. The molecule has 0 aromatic heterocycles. The number of amides is 1. The normalized spacial score (nSPS) is 17.0. The molecule has 6 heteroatoms. The van der Waals surface area contributed by atoms with Crippen molar-refractivity contribution in [2.45, 2.75) is 78.8 Å². The lowest BCUT2D eigenvalue weighted by Gasteiger charge is -2.27. The quantitative estimate of drug-likeness (QED) is 0.171. The van der Waals surface area contributed by atoms with E-state index in [2.05, 4.69) is 41.5 Å². The van der Waals surface area contributed by atoms with Gasteiger partial charge in [0.25, 0.3) is 11.7 Å². The predicted octanol–water partition coefficient (Wildman–Crippen LogP) is 7.70. The van der Waals surface area contributed by atoms with E-state index in [9.17, 15) is 14.7 Å². The molecule has 1 unspecified atom stereocenters. The summed E-state index contributed by atoms with van der Waals surface area (Å²) < 4.78 is 11.4. The first-order valence-corrected chi connectivity index (χ1v) is 14.6. The largest absolute Gasteiger partial charge is 0.507 e. The Hall–Kier alpha value is -4.06. The number of aliphatic hydroxyl groups excluding tert-OH is 1. The lowest BCUT2D eigenvalue weighted by atomic mass is 9.84. The zero-order valence-electron chi connectivity index (χ0n) is 26.1. The average Bonchev–Trinajstić information content (AvgIpc) is 3.18. The number of ketones is 1. The molecule has 1 aliphatic rings. The molecule has 1 saturated heterocycles. The number of carbonyl (C=O) groups excluding carboxylic acids is 2. The van der Waals surface area contributed by atoms with Crippen LogP contribution in [-0.2, 0) is 27.0 Å². The standard InChI is InChI=1S/C36H43NO5/c1-9-41-27-18-11-23(12-19-27)22-37-31(24-13-16-26(17-14-24)35(3,4)5)30(33(39)34(37)40)32(38)25-15-20-29(42-10-2)28(21-25)36(6,7)8/h11-21,31,38H,9-10,22H2,1-8H3/b32-30-. The van der Waals surface area contributed by atoms with Gasteiger partial charge in [-0.3, -0.25) is 9.59 Å². The molecule has 3 aromatic carbocycles. The fraction of sp³-hybridized carbons (Fsp3) is 0.389. The number of benzene rings is 3. The summed E-state index contributed by atoms with van der Waals surface area (Å²) >= 11 is 0. The highest BCUT2D eigenvalue weighted by Crippen LogP contribution is 2.42. The maximum atomic E-state index is 13.7. The van der Waals surface area contributed by atoms with Crippen LogP contribution in [0.1, 0.15) is 89.2 Å². The first-order valence-electron chi connectivity index (χ1n) is 14.6. The second-order valence-corrected chi connectivity index (χ2v) is 12.8. The predicted molar refractivity (Wildman–Crippen MR) is 167 cm³/mol. The Bertz CT molecular complexity index is 1470. The van der Waals surface area contributed by atoms with Crippen molar-refractivity contribution in [1.29, 1.82) is 0 Å². The van der Waals surface area contributed by atoms with E-state index >= 15 is 0 Å². The van der Waals surface area contributed by atoms with E-state index in [0.29, 0.717) is 18.8 Å². The van der Waals surface area contributed by atoms with Crippen LogP contribution >= 0.6 is 0 Å².